The summed E-state index contributed by atoms with van der Waals surface area (Å²) in [4.78, 5) is 10.9. The van der Waals surface area contributed by atoms with Gasteiger partial charge in [0.25, 0.3) is 0 Å². The summed E-state index contributed by atoms with van der Waals surface area (Å²) < 4.78 is 0. The van der Waals surface area contributed by atoms with Gasteiger partial charge in [0, 0.05) is 0 Å². The molecule has 0 saturated heterocycles. The number of allylic oxidation sites excluding steroid dienone is 3. The molecule has 0 aliphatic heterocycles. The summed E-state index contributed by atoms with van der Waals surface area (Å²) in [5, 5.41) is 0. The van der Waals surface area contributed by atoms with E-state index in [1.54, 1.807) is 0 Å². The Morgan fingerprint density at radius 3 is 2.88 bits per heavy atom. The van der Waals surface area contributed by atoms with Gasteiger partial charge in [-0.05, 0) is 61.9 Å². The van der Waals surface area contributed by atoms with Gasteiger partial charge >= 0.3 is 0 Å². The average Bonchev–Trinajstić information content (AvgIpc) is 2.28. The number of fused-ring (bicyclic) bond motifs is 1. The monoisotopic (exact) mass is 218 g/mol. The Morgan fingerprint density at radius 2 is 2.19 bits per heavy atom. The van der Waals surface area contributed by atoms with Crippen molar-refractivity contribution in [1.29, 1.82) is 0 Å². The normalized spacial score (nSPS) is 38.5. The smallest absolute Gasteiger partial charge is 0.145 e. The second-order valence-electron chi connectivity index (χ2n) is 5.65. The van der Waals surface area contributed by atoms with E-state index in [1.165, 1.54) is 24.8 Å². The molecule has 1 nitrogen and oxygen atoms in total. The molecule has 1 heteroatoms. The van der Waals surface area contributed by atoms with Crippen molar-refractivity contribution in [1.82, 2.24) is 0 Å². The largest absolute Gasteiger partial charge is 0.298 e. The fourth-order valence-electron chi connectivity index (χ4n) is 3.57. The first-order chi connectivity index (χ1) is 7.63. The minimum absolute atomic E-state index is 0.411. The Hall–Kier alpha value is -0.850. The lowest BCUT2D eigenvalue weighted by Gasteiger charge is -2.43. The summed E-state index contributed by atoms with van der Waals surface area (Å²) in [5.41, 5.74) is 2.31. The van der Waals surface area contributed by atoms with Gasteiger partial charge in [0.15, 0.2) is 0 Å². The third-order valence-electron chi connectivity index (χ3n) is 4.60. The van der Waals surface area contributed by atoms with E-state index in [2.05, 4.69) is 26.5 Å². The fraction of sp³-hybridized carbons (Fsp3) is 0.667. The highest BCUT2D eigenvalue weighted by Gasteiger charge is 2.38. The molecule has 0 radical (unpaired) electrons. The van der Waals surface area contributed by atoms with Crippen molar-refractivity contribution in [3.8, 4) is 0 Å². The second kappa shape index (κ2) is 4.57. The van der Waals surface area contributed by atoms with Crippen molar-refractivity contribution in [2.75, 3.05) is 0 Å². The van der Waals surface area contributed by atoms with Gasteiger partial charge in [0.05, 0.1) is 0 Å². The first-order valence-corrected chi connectivity index (χ1v) is 6.44. The molecule has 0 aromatic rings. The molecule has 0 unspecified atom stereocenters. The average molecular weight is 218 g/mol. The van der Waals surface area contributed by atoms with Crippen LogP contribution in [0.1, 0.15) is 39.5 Å². The lowest BCUT2D eigenvalue weighted by Crippen LogP contribution is -2.35. The van der Waals surface area contributed by atoms with Crippen LogP contribution < -0.4 is 0 Å². The molecule has 1 saturated carbocycles. The molecule has 0 aromatic carbocycles. The molecule has 0 heterocycles. The number of carbonyl (C=O) groups is 1. The molecule has 2 aliphatic carbocycles. The maximum Gasteiger partial charge on any atom is 0.145 e. The van der Waals surface area contributed by atoms with Crippen LogP contribution in [0, 0.1) is 23.7 Å². The Morgan fingerprint density at radius 1 is 1.44 bits per heavy atom. The number of aldehydes is 1. The number of hydrogen-bond donors (Lipinski definition) is 0. The van der Waals surface area contributed by atoms with Crippen molar-refractivity contribution in [3.63, 3.8) is 0 Å². The van der Waals surface area contributed by atoms with Gasteiger partial charge in [-0.3, -0.25) is 4.79 Å². The molecule has 0 N–H and O–H groups in total. The Bertz CT molecular complexity index is 326. The van der Waals surface area contributed by atoms with E-state index in [-0.39, 0.29) is 0 Å². The maximum atomic E-state index is 10.9. The van der Waals surface area contributed by atoms with Crippen LogP contribution in [-0.2, 0) is 4.79 Å². The number of carbonyl (C=O) groups excluding carboxylic acids is 1. The summed E-state index contributed by atoms with van der Waals surface area (Å²) in [5.74, 6) is 2.58. The van der Waals surface area contributed by atoms with Crippen LogP contribution in [0.5, 0.6) is 0 Å². The SMILES string of the molecule is C=C(C=O)[C@H]1CC[C@@H](C)[C@@H]2CCC(C)=C[C@@H]21. The van der Waals surface area contributed by atoms with Crippen LogP contribution in [-0.4, -0.2) is 6.29 Å². The molecule has 2 rings (SSSR count). The van der Waals surface area contributed by atoms with E-state index >= 15 is 0 Å². The van der Waals surface area contributed by atoms with Crippen molar-refractivity contribution in [2.45, 2.75) is 39.5 Å². The van der Waals surface area contributed by atoms with E-state index in [4.69, 9.17) is 0 Å². The maximum absolute atomic E-state index is 10.9. The van der Waals surface area contributed by atoms with Crippen LogP contribution >= 0.6 is 0 Å². The van der Waals surface area contributed by atoms with Crippen molar-refractivity contribution in [2.24, 2.45) is 23.7 Å². The van der Waals surface area contributed by atoms with E-state index in [0.29, 0.717) is 11.8 Å². The highest BCUT2D eigenvalue weighted by molar-refractivity contribution is 5.73. The zero-order valence-electron chi connectivity index (χ0n) is 10.4. The van der Waals surface area contributed by atoms with Crippen molar-refractivity contribution < 1.29 is 4.79 Å². The van der Waals surface area contributed by atoms with Crippen LogP contribution in [0.3, 0.4) is 0 Å². The van der Waals surface area contributed by atoms with E-state index in [1.807, 2.05) is 0 Å². The summed E-state index contributed by atoms with van der Waals surface area (Å²) in [7, 11) is 0. The van der Waals surface area contributed by atoms with Gasteiger partial charge in [-0.15, -0.1) is 0 Å². The van der Waals surface area contributed by atoms with Crippen LogP contribution in [0.25, 0.3) is 0 Å². The van der Waals surface area contributed by atoms with Gasteiger partial charge in [-0.2, -0.15) is 0 Å². The third kappa shape index (κ3) is 2.00. The summed E-state index contributed by atoms with van der Waals surface area (Å²) in [6, 6.07) is 0. The number of hydrogen-bond acceptors (Lipinski definition) is 1. The summed E-state index contributed by atoms with van der Waals surface area (Å²) >= 11 is 0. The van der Waals surface area contributed by atoms with E-state index in [9.17, 15) is 4.79 Å². The molecule has 16 heavy (non-hydrogen) atoms. The zero-order chi connectivity index (χ0) is 11.7. The van der Waals surface area contributed by atoms with Crippen LogP contribution in [0.2, 0.25) is 0 Å². The van der Waals surface area contributed by atoms with Gasteiger partial charge < -0.3 is 0 Å². The molecule has 2 aliphatic rings. The molecule has 1 fully saturated rings. The van der Waals surface area contributed by atoms with E-state index in [0.717, 1.165) is 30.1 Å². The van der Waals surface area contributed by atoms with Gasteiger partial charge in [-0.25, -0.2) is 0 Å². The first-order valence-electron chi connectivity index (χ1n) is 6.44. The molecule has 0 amide bonds. The zero-order valence-corrected chi connectivity index (χ0v) is 10.4. The van der Waals surface area contributed by atoms with Crippen LogP contribution in [0.4, 0.5) is 0 Å². The topological polar surface area (TPSA) is 17.1 Å². The van der Waals surface area contributed by atoms with Gasteiger partial charge in [0.1, 0.15) is 6.29 Å². The lowest BCUT2D eigenvalue weighted by atomic mass is 9.61. The van der Waals surface area contributed by atoms with Gasteiger partial charge in [-0.1, -0.05) is 25.2 Å². The molecular formula is C15H22O. The molecular weight excluding hydrogens is 196 g/mol. The Balaban J connectivity index is 2.25. The molecule has 88 valence electrons. The van der Waals surface area contributed by atoms with Crippen molar-refractivity contribution in [3.05, 3.63) is 23.8 Å². The highest BCUT2D eigenvalue weighted by Crippen LogP contribution is 2.47. The standard InChI is InChI=1S/C15H22O/c1-10-4-6-13-11(2)5-7-14(12(3)9-16)15(13)8-10/h8-9,11,13-15H,3-7H2,1-2H3/t11-,13+,14-,15+/m1/s1. The van der Waals surface area contributed by atoms with E-state index < -0.39 is 0 Å². The molecule has 0 bridgehead atoms. The summed E-state index contributed by atoms with van der Waals surface area (Å²) in [6.07, 6.45) is 8.33. The first kappa shape index (κ1) is 11.6. The van der Waals surface area contributed by atoms with Crippen LogP contribution in [0.15, 0.2) is 23.8 Å². The third-order valence-corrected chi connectivity index (χ3v) is 4.60. The predicted molar refractivity (Wildman–Crippen MR) is 67.1 cm³/mol. The quantitative estimate of drug-likeness (QED) is 0.392. The van der Waals surface area contributed by atoms with Gasteiger partial charge in [0.2, 0.25) is 0 Å². The Labute approximate surface area is 98.6 Å². The summed E-state index contributed by atoms with van der Waals surface area (Å²) in [6.45, 7) is 8.53. The molecule has 4 atom stereocenters. The Kier molecular flexibility index (Phi) is 3.32. The minimum atomic E-state index is 0.411. The van der Waals surface area contributed by atoms with Crippen molar-refractivity contribution >= 4 is 6.29 Å². The highest BCUT2D eigenvalue weighted by atomic mass is 16.1. The molecule has 0 aromatic heterocycles. The lowest BCUT2D eigenvalue weighted by molar-refractivity contribution is -0.105. The fourth-order valence-corrected chi connectivity index (χ4v) is 3.57. The second-order valence-corrected chi connectivity index (χ2v) is 5.65. The molecule has 0 spiro atoms. The minimum Gasteiger partial charge on any atom is -0.298 e. The number of rotatable bonds is 2. The predicted octanol–water partition coefficient (Wildman–Crippen LogP) is 3.76.